The van der Waals surface area contributed by atoms with E-state index in [1.54, 1.807) is 18.3 Å². The average molecular weight is 335 g/mol. The first-order valence-corrected chi connectivity index (χ1v) is 5.43. The number of nitro groups is 1. The van der Waals surface area contributed by atoms with Crippen LogP contribution < -0.4 is 0 Å². The SMILES string of the molecule is O=[N+]([O-])c1c(Cl)ccc2ncc(I)cc12. The Hall–Kier alpha value is -0.950. The van der Waals surface area contributed by atoms with Crippen molar-refractivity contribution in [1.29, 1.82) is 0 Å². The molecular weight excluding hydrogens is 330 g/mol. The van der Waals surface area contributed by atoms with Gasteiger partial charge in [0.05, 0.1) is 15.8 Å². The van der Waals surface area contributed by atoms with Gasteiger partial charge in [-0.25, -0.2) is 0 Å². The maximum atomic E-state index is 10.8. The molecule has 2 aromatic rings. The molecule has 0 amide bonds. The Kier molecular flexibility index (Phi) is 2.74. The quantitative estimate of drug-likeness (QED) is 0.456. The topological polar surface area (TPSA) is 56.0 Å². The molecule has 6 heteroatoms. The number of halogens is 2. The first-order chi connectivity index (χ1) is 7.09. The summed E-state index contributed by atoms with van der Waals surface area (Å²) in [6, 6.07) is 4.86. The van der Waals surface area contributed by atoms with Gasteiger partial charge in [-0.3, -0.25) is 15.1 Å². The highest BCUT2D eigenvalue weighted by Gasteiger charge is 2.17. The zero-order valence-corrected chi connectivity index (χ0v) is 10.2. The van der Waals surface area contributed by atoms with Gasteiger partial charge in [-0.05, 0) is 40.8 Å². The molecule has 1 aromatic carbocycles. The van der Waals surface area contributed by atoms with Gasteiger partial charge in [-0.1, -0.05) is 11.6 Å². The van der Waals surface area contributed by atoms with Gasteiger partial charge in [-0.15, -0.1) is 0 Å². The van der Waals surface area contributed by atoms with Gasteiger partial charge < -0.3 is 0 Å². The standard InChI is InChI=1S/C9H4ClIN2O2/c10-7-1-2-8-6(9(7)13(14)15)3-5(11)4-12-8/h1-4H. The molecule has 15 heavy (non-hydrogen) atoms. The predicted molar refractivity (Wildman–Crippen MR) is 66.1 cm³/mol. The van der Waals surface area contributed by atoms with Crippen LogP contribution in [0.3, 0.4) is 0 Å². The molecule has 4 nitrogen and oxygen atoms in total. The molecular formula is C9H4ClIN2O2. The third-order valence-electron chi connectivity index (χ3n) is 1.94. The average Bonchev–Trinajstić information content (AvgIpc) is 2.16. The van der Waals surface area contributed by atoms with Crippen LogP contribution in [0.2, 0.25) is 5.02 Å². The lowest BCUT2D eigenvalue weighted by molar-refractivity contribution is -0.382. The van der Waals surface area contributed by atoms with Gasteiger partial charge in [0.2, 0.25) is 0 Å². The van der Waals surface area contributed by atoms with Crippen molar-refractivity contribution in [3.63, 3.8) is 0 Å². The molecule has 0 unspecified atom stereocenters. The molecule has 2 rings (SSSR count). The van der Waals surface area contributed by atoms with Crippen molar-refractivity contribution in [1.82, 2.24) is 4.98 Å². The number of rotatable bonds is 1. The summed E-state index contributed by atoms with van der Waals surface area (Å²) in [6.45, 7) is 0. The lowest BCUT2D eigenvalue weighted by atomic mass is 10.2. The largest absolute Gasteiger partial charge is 0.297 e. The number of hydrogen-bond acceptors (Lipinski definition) is 3. The second kappa shape index (κ2) is 3.90. The summed E-state index contributed by atoms with van der Waals surface area (Å²) < 4.78 is 0.838. The van der Waals surface area contributed by atoms with E-state index < -0.39 is 4.92 Å². The first kappa shape index (κ1) is 10.6. The lowest BCUT2D eigenvalue weighted by Crippen LogP contribution is -1.92. The minimum absolute atomic E-state index is 0.0832. The Morgan fingerprint density at radius 1 is 1.47 bits per heavy atom. The molecule has 0 N–H and O–H groups in total. The number of nitro benzene ring substituents is 1. The van der Waals surface area contributed by atoms with Crippen LogP contribution in [-0.4, -0.2) is 9.91 Å². The first-order valence-electron chi connectivity index (χ1n) is 3.98. The summed E-state index contributed by atoms with van der Waals surface area (Å²) in [6.07, 6.45) is 1.65. The molecule has 0 saturated carbocycles. The summed E-state index contributed by atoms with van der Waals surface area (Å²) in [5.41, 5.74) is 0.492. The van der Waals surface area contributed by atoms with E-state index in [1.165, 1.54) is 6.07 Å². The van der Waals surface area contributed by atoms with Crippen LogP contribution in [0.1, 0.15) is 0 Å². The normalized spacial score (nSPS) is 10.5. The molecule has 0 spiro atoms. The van der Waals surface area contributed by atoms with Crippen molar-refractivity contribution < 1.29 is 4.92 Å². The molecule has 1 aromatic heterocycles. The summed E-state index contributed by atoms with van der Waals surface area (Å²) in [7, 11) is 0. The van der Waals surface area contributed by atoms with Gasteiger partial charge in [-0.2, -0.15) is 0 Å². The summed E-state index contributed by atoms with van der Waals surface area (Å²) in [5.74, 6) is 0. The molecule has 0 aliphatic heterocycles. The van der Waals surface area contributed by atoms with Crippen LogP contribution in [-0.2, 0) is 0 Å². The Labute approximate surface area is 104 Å². The van der Waals surface area contributed by atoms with Crippen LogP contribution in [0, 0.1) is 13.7 Å². The second-order valence-corrected chi connectivity index (χ2v) is 4.53. The number of benzene rings is 1. The van der Waals surface area contributed by atoms with E-state index in [2.05, 4.69) is 27.6 Å². The maximum Gasteiger partial charge on any atom is 0.297 e. The van der Waals surface area contributed by atoms with Crippen molar-refractivity contribution in [3.8, 4) is 0 Å². The fourth-order valence-corrected chi connectivity index (χ4v) is 2.00. The third kappa shape index (κ3) is 1.89. The third-order valence-corrected chi connectivity index (χ3v) is 2.83. The van der Waals surface area contributed by atoms with Gasteiger partial charge in [0, 0.05) is 9.77 Å². The minimum atomic E-state index is -0.484. The fraction of sp³-hybridized carbons (Fsp3) is 0. The summed E-state index contributed by atoms with van der Waals surface area (Å²) in [5, 5.41) is 11.4. The highest BCUT2D eigenvalue weighted by Crippen LogP contribution is 2.32. The Bertz CT molecular complexity index is 554. The maximum absolute atomic E-state index is 10.8. The van der Waals surface area contributed by atoms with Crippen molar-refractivity contribution in [2.75, 3.05) is 0 Å². The lowest BCUT2D eigenvalue weighted by Gasteiger charge is -2.00. The Morgan fingerprint density at radius 3 is 2.87 bits per heavy atom. The van der Waals surface area contributed by atoms with E-state index in [9.17, 15) is 10.1 Å². The summed E-state index contributed by atoms with van der Waals surface area (Å²) >= 11 is 7.83. The van der Waals surface area contributed by atoms with Crippen LogP contribution in [0.5, 0.6) is 0 Å². The van der Waals surface area contributed by atoms with Gasteiger partial charge in [0.25, 0.3) is 5.69 Å². The van der Waals surface area contributed by atoms with E-state index in [1.807, 2.05) is 0 Å². The Balaban J connectivity index is 2.90. The van der Waals surface area contributed by atoms with E-state index in [4.69, 9.17) is 11.6 Å². The Morgan fingerprint density at radius 2 is 2.20 bits per heavy atom. The van der Waals surface area contributed by atoms with Crippen LogP contribution in [0.15, 0.2) is 24.4 Å². The van der Waals surface area contributed by atoms with E-state index >= 15 is 0 Å². The van der Waals surface area contributed by atoms with Gasteiger partial charge in [0.1, 0.15) is 5.02 Å². The van der Waals surface area contributed by atoms with Crippen molar-refractivity contribution >= 4 is 50.8 Å². The molecule has 0 radical (unpaired) electrons. The summed E-state index contributed by atoms with van der Waals surface area (Å²) in [4.78, 5) is 14.4. The van der Waals surface area contributed by atoms with Crippen LogP contribution in [0.25, 0.3) is 10.9 Å². The fourth-order valence-electron chi connectivity index (χ4n) is 1.32. The number of aromatic nitrogens is 1. The molecule has 76 valence electrons. The van der Waals surface area contributed by atoms with E-state index in [0.29, 0.717) is 10.9 Å². The second-order valence-electron chi connectivity index (χ2n) is 2.87. The van der Waals surface area contributed by atoms with Crippen LogP contribution >= 0.6 is 34.2 Å². The zero-order valence-electron chi connectivity index (χ0n) is 7.28. The molecule has 0 fully saturated rings. The number of hydrogen-bond donors (Lipinski definition) is 0. The van der Waals surface area contributed by atoms with Gasteiger partial charge >= 0.3 is 0 Å². The van der Waals surface area contributed by atoms with E-state index in [-0.39, 0.29) is 10.7 Å². The molecule has 0 bridgehead atoms. The molecule has 0 aliphatic rings. The molecule has 0 saturated heterocycles. The number of fused-ring (bicyclic) bond motifs is 1. The molecule has 0 aliphatic carbocycles. The number of pyridine rings is 1. The number of nitrogens with zero attached hydrogens (tertiary/aromatic N) is 2. The highest BCUT2D eigenvalue weighted by molar-refractivity contribution is 14.1. The monoisotopic (exact) mass is 334 g/mol. The smallest absolute Gasteiger partial charge is 0.258 e. The predicted octanol–water partition coefficient (Wildman–Crippen LogP) is 3.40. The van der Waals surface area contributed by atoms with Crippen molar-refractivity contribution in [2.24, 2.45) is 0 Å². The zero-order chi connectivity index (χ0) is 11.0. The van der Waals surface area contributed by atoms with Gasteiger partial charge in [0.15, 0.2) is 0 Å². The van der Waals surface area contributed by atoms with Crippen molar-refractivity contribution in [2.45, 2.75) is 0 Å². The highest BCUT2D eigenvalue weighted by atomic mass is 127. The molecule has 1 heterocycles. The van der Waals surface area contributed by atoms with Crippen LogP contribution in [0.4, 0.5) is 5.69 Å². The molecule has 0 atom stereocenters. The minimum Gasteiger partial charge on any atom is -0.258 e. The van der Waals surface area contributed by atoms with Crippen molar-refractivity contribution in [3.05, 3.63) is 43.1 Å². The van der Waals surface area contributed by atoms with E-state index in [0.717, 1.165) is 3.57 Å².